The van der Waals surface area contributed by atoms with Gasteiger partial charge in [-0.2, -0.15) is 0 Å². The van der Waals surface area contributed by atoms with Crippen LogP contribution < -0.4 is 0 Å². The van der Waals surface area contributed by atoms with Gasteiger partial charge in [0.2, 0.25) is 0 Å². The molecule has 0 radical (unpaired) electrons. The number of ether oxygens (including phenoxy) is 4. The molecule has 3 unspecified atom stereocenters. The molecular formula is C69H134O17P2. The third-order valence-corrected chi connectivity index (χ3v) is 17.7. The summed E-state index contributed by atoms with van der Waals surface area (Å²) in [6.45, 7) is 14.0. The van der Waals surface area contributed by atoms with Crippen LogP contribution in [0.1, 0.15) is 338 Å². The lowest BCUT2D eigenvalue weighted by atomic mass is 10.0. The molecule has 0 rings (SSSR count). The second kappa shape index (κ2) is 58.8. The molecule has 0 aromatic rings. The van der Waals surface area contributed by atoms with Crippen molar-refractivity contribution in [1.29, 1.82) is 0 Å². The van der Waals surface area contributed by atoms with Crippen molar-refractivity contribution in [2.24, 2.45) is 23.7 Å². The van der Waals surface area contributed by atoms with Crippen LogP contribution in [0, 0.1) is 23.7 Å². The van der Waals surface area contributed by atoms with Crippen molar-refractivity contribution in [3.8, 4) is 0 Å². The van der Waals surface area contributed by atoms with Gasteiger partial charge in [0.1, 0.15) is 19.3 Å². The Kier molecular flexibility index (Phi) is 57.6. The Balaban J connectivity index is 5.20. The maximum absolute atomic E-state index is 13.0. The van der Waals surface area contributed by atoms with Crippen LogP contribution in [0.3, 0.4) is 0 Å². The lowest BCUT2D eigenvalue weighted by Crippen LogP contribution is -2.30. The minimum atomic E-state index is -4.95. The number of aliphatic hydroxyl groups is 1. The minimum absolute atomic E-state index is 0.101. The molecule has 0 fully saturated rings. The SMILES string of the molecule is CC(C)CCCCCCCCCCCCCCCCC(=O)OC[C@H](COP(=O)(O)OCC(O)COP(=O)(O)OC[C@@H](COC(=O)CCCCCCCCCCC(C)C)OC(=O)CCCCCCCCC(C)C)OC(=O)CCCCCCCCCCC(C)C. The van der Waals surface area contributed by atoms with E-state index in [0.29, 0.717) is 31.6 Å². The van der Waals surface area contributed by atoms with Gasteiger partial charge in [-0.15, -0.1) is 0 Å². The van der Waals surface area contributed by atoms with Gasteiger partial charge in [0.15, 0.2) is 12.2 Å². The standard InChI is InChI=1S/C69H134O17P2/c1-59(2)45-37-29-21-15-13-11-9-10-12-14-16-24-33-41-49-66(71)79-55-64(85-68(73)51-43-35-26-20-18-23-31-39-47-61(5)6)57-83-87(75,76)81-53-63(70)54-82-88(77,78)84-58-65(86-69(74)52-44-36-28-27-32-40-48-62(7)8)56-80-67(72)50-42-34-25-19-17-22-30-38-46-60(3)4/h59-65,70H,9-58H2,1-8H3,(H,75,76)(H,77,78)/t63?,64-,65-/m1/s1. The van der Waals surface area contributed by atoms with Gasteiger partial charge in [0.25, 0.3) is 0 Å². The number of esters is 4. The summed E-state index contributed by atoms with van der Waals surface area (Å²) < 4.78 is 68.2. The average molecular weight is 1300 g/mol. The number of carbonyl (C=O) groups excluding carboxylic acids is 4. The molecule has 0 amide bonds. The van der Waals surface area contributed by atoms with E-state index in [1.165, 1.54) is 141 Å². The van der Waals surface area contributed by atoms with Gasteiger partial charge in [-0.1, -0.05) is 287 Å². The van der Waals surface area contributed by atoms with E-state index in [0.717, 1.165) is 108 Å². The van der Waals surface area contributed by atoms with Gasteiger partial charge in [0.05, 0.1) is 26.4 Å². The molecule has 0 aromatic heterocycles. The molecule has 0 heterocycles. The number of phosphoric acid groups is 2. The molecule has 0 aliphatic heterocycles. The molecule has 5 atom stereocenters. The second-order valence-corrected chi connectivity index (χ2v) is 29.7. The average Bonchev–Trinajstić information content (AvgIpc) is 3.54. The van der Waals surface area contributed by atoms with Crippen LogP contribution in [-0.2, 0) is 65.4 Å². The first-order valence-electron chi connectivity index (χ1n) is 35.7. The van der Waals surface area contributed by atoms with Crippen molar-refractivity contribution in [3.05, 3.63) is 0 Å². The molecule has 0 saturated heterocycles. The summed E-state index contributed by atoms with van der Waals surface area (Å²) in [5.74, 6) is 0.776. The largest absolute Gasteiger partial charge is 0.472 e. The zero-order valence-corrected chi connectivity index (χ0v) is 59.1. The minimum Gasteiger partial charge on any atom is -0.462 e. The second-order valence-electron chi connectivity index (χ2n) is 26.8. The first kappa shape index (κ1) is 86.1. The highest BCUT2D eigenvalue weighted by molar-refractivity contribution is 7.47. The topological polar surface area (TPSA) is 237 Å². The van der Waals surface area contributed by atoms with E-state index in [-0.39, 0.29) is 25.7 Å². The van der Waals surface area contributed by atoms with Crippen LogP contribution in [-0.4, -0.2) is 96.7 Å². The van der Waals surface area contributed by atoms with E-state index in [1.807, 2.05) is 0 Å². The highest BCUT2D eigenvalue weighted by atomic mass is 31.2. The Morgan fingerprint density at radius 2 is 0.477 bits per heavy atom. The van der Waals surface area contributed by atoms with E-state index in [4.69, 9.17) is 37.0 Å². The molecular weight excluding hydrogens is 1160 g/mol. The van der Waals surface area contributed by atoms with Crippen molar-refractivity contribution >= 4 is 39.5 Å². The monoisotopic (exact) mass is 1300 g/mol. The predicted octanol–water partition coefficient (Wildman–Crippen LogP) is 19.3. The van der Waals surface area contributed by atoms with Crippen LogP contribution in [0.5, 0.6) is 0 Å². The van der Waals surface area contributed by atoms with Crippen LogP contribution in [0.4, 0.5) is 0 Å². The summed E-state index contributed by atoms with van der Waals surface area (Å²) in [7, 11) is -9.90. The molecule has 0 aliphatic carbocycles. The zero-order valence-electron chi connectivity index (χ0n) is 57.3. The lowest BCUT2D eigenvalue weighted by Gasteiger charge is -2.21. The number of hydrogen-bond acceptors (Lipinski definition) is 15. The first-order valence-corrected chi connectivity index (χ1v) is 38.7. The van der Waals surface area contributed by atoms with E-state index < -0.39 is 97.5 Å². The summed E-state index contributed by atoms with van der Waals surface area (Å²) in [4.78, 5) is 72.4. The fourth-order valence-corrected chi connectivity index (χ4v) is 11.9. The number of phosphoric ester groups is 2. The fourth-order valence-electron chi connectivity index (χ4n) is 10.3. The van der Waals surface area contributed by atoms with Crippen molar-refractivity contribution in [3.63, 3.8) is 0 Å². The maximum atomic E-state index is 13.0. The summed E-state index contributed by atoms with van der Waals surface area (Å²) in [5.41, 5.74) is 0. The van der Waals surface area contributed by atoms with Crippen molar-refractivity contribution in [2.45, 2.75) is 356 Å². The van der Waals surface area contributed by atoms with E-state index in [1.54, 1.807) is 0 Å². The van der Waals surface area contributed by atoms with Crippen LogP contribution in [0.25, 0.3) is 0 Å². The van der Waals surface area contributed by atoms with E-state index in [9.17, 15) is 43.2 Å². The highest BCUT2D eigenvalue weighted by Gasteiger charge is 2.30. The van der Waals surface area contributed by atoms with Gasteiger partial charge in [0, 0.05) is 25.7 Å². The third-order valence-electron chi connectivity index (χ3n) is 15.8. The molecule has 88 heavy (non-hydrogen) atoms. The maximum Gasteiger partial charge on any atom is 0.472 e. The lowest BCUT2D eigenvalue weighted by molar-refractivity contribution is -0.161. The molecule has 0 aromatic carbocycles. The summed E-state index contributed by atoms with van der Waals surface area (Å²) in [6.07, 6.45) is 40.6. The molecule has 17 nitrogen and oxygen atoms in total. The predicted molar refractivity (Wildman–Crippen MR) is 354 cm³/mol. The fraction of sp³-hybridized carbons (Fsp3) is 0.942. The van der Waals surface area contributed by atoms with E-state index >= 15 is 0 Å². The quantitative estimate of drug-likeness (QED) is 0.0222. The Bertz CT molecular complexity index is 1750. The summed E-state index contributed by atoms with van der Waals surface area (Å²) in [6, 6.07) is 0. The number of hydrogen-bond donors (Lipinski definition) is 3. The smallest absolute Gasteiger partial charge is 0.462 e. The highest BCUT2D eigenvalue weighted by Crippen LogP contribution is 2.45. The Morgan fingerprint density at radius 3 is 0.705 bits per heavy atom. The number of carbonyl (C=O) groups is 4. The normalized spacial score (nSPS) is 14.3. The Hall–Kier alpha value is -1.94. The number of aliphatic hydroxyl groups excluding tert-OH is 1. The molecule has 0 bridgehead atoms. The van der Waals surface area contributed by atoms with Crippen molar-refractivity contribution in [2.75, 3.05) is 39.6 Å². The molecule has 0 saturated carbocycles. The van der Waals surface area contributed by atoms with Crippen molar-refractivity contribution in [1.82, 2.24) is 0 Å². The van der Waals surface area contributed by atoms with Gasteiger partial charge in [-0.3, -0.25) is 37.3 Å². The van der Waals surface area contributed by atoms with Crippen molar-refractivity contribution < 1.29 is 80.2 Å². The summed E-state index contributed by atoms with van der Waals surface area (Å²) >= 11 is 0. The summed E-state index contributed by atoms with van der Waals surface area (Å²) in [5, 5.41) is 10.6. The third kappa shape index (κ3) is 62.8. The van der Waals surface area contributed by atoms with Crippen LogP contribution in [0.15, 0.2) is 0 Å². The van der Waals surface area contributed by atoms with E-state index in [2.05, 4.69) is 55.4 Å². The molecule has 522 valence electrons. The molecule has 3 N–H and O–H groups in total. The van der Waals surface area contributed by atoms with Crippen LogP contribution >= 0.6 is 15.6 Å². The Morgan fingerprint density at radius 1 is 0.284 bits per heavy atom. The zero-order chi connectivity index (χ0) is 65.4. The molecule has 0 aliphatic rings. The van der Waals surface area contributed by atoms with Gasteiger partial charge in [-0.05, 0) is 49.4 Å². The first-order chi connectivity index (χ1) is 42.1. The molecule has 0 spiro atoms. The van der Waals surface area contributed by atoms with Gasteiger partial charge in [-0.25, -0.2) is 9.13 Å². The van der Waals surface area contributed by atoms with Gasteiger partial charge >= 0.3 is 39.5 Å². The Labute approximate surface area is 537 Å². The number of rotatable bonds is 66. The molecule has 19 heteroatoms. The van der Waals surface area contributed by atoms with Crippen LogP contribution in [0.2, 0.25) is 0 Å². The number of unbranched alkanes of at least 4 members (excludes halogenated alkanes) is 32. The van der Waals surface area contributed by atoms with Gasteiger partial charge < -0.3 is 33.8 Å².